The molecule has 90 valence electrons. The number of sulfone groups is 1. The van der Waals surface area contributed by atoms with Crippen molar-refractivity contribution in [2.24, 2.45) is 5.92 Å². The van der Waals surface area contributed by atoms with Gasteiger partial charge in [-0.2, -0.15) is 0 Å². The van der Waals surface area contributed by atoms with Crippen LogP contribution in [0.1, 0.15) is 40.5 Å². The molecule has 0 N–H and O–H groups in total. The predicted octanol–water partition coefficient (Wildman–Crippen LogP) is 2.01. The maximum atomic E-state index is 12.4. The molecule has 1 saturated heterocycles. The van der Waals surface area contributed by atoms with Gasteiger partial charge in [0.2, 0.25) is 0 Å². The van der Waals surface area contributed by atoms with E-state index >= 15 is 0 Å². The van der Waals surface area contributed by atoms with Gasteiger partial charge >= 0.3 is 0 Å². The Morgan fingerprint density at radius 2 is 1.67 bits per heavy atom. The van der Waals surface area contributed by atoms with Crippen LogP contribution in [-0.4, -0.2) is 31.6 Å². The standard InChI is InChI=1S/C11H22O3S/c1-9(2)11(3,4)15(12,13)10-5-7-14-8-6-10/h9-10H,5-8H2,1-4H3. The van der Waals surface area contributed by atoms with Crippen molar-refractivity contribution in [3.05, 3.63) is 0 Å². The molecule has 1 fully saturated rings. The zero-order valence-corrected chi connectivity index (χ0v) is 10.9. The largest absolute Gasteiger partial charge is 0.381 e. The van der Waals surface area contributed by atoms with E-state index in [-0.39, 0.29) is 11.2 Å². The van der Waals surface area contributed by atoms with E-state index in [1.807, 2.05) is 27.7 Å². The van der Waals surface area contributed by atoms with Crippen LogP contribution < -0.4 is 0 Å². The topological polar surface area (TPSA) is 43.4 Å². The van der Waals surface area contributed by atoms with E-state index in [2.05, 4.69) is 0 Å². The average molecular weight is 234 g/mol. The maximum absolute atomic E-state index is 12.4. The molecule has 0 aromatic heterocycles. The number of ether oxygens (including phenoxy) is 1. The Kier molecular flexibility index (Phi) is 3.82. The van der Waals surface area contributed by atoms with Crippen molar-refractivity contribution in [3.63, 3.8) is 0 Å². The highest BCUT2D eigenvalue weighted by Crippen LogP contribution is 2.32. The molecule has 0 amide bonds. The molecule has 1 rings (SSSR count). The van der Waals surface area contributed by atoms with Gasteiger partial charge in [-0.1, -0.05) is 13.8 Å². The predicted molar refractivity (Wildman–Crippen MR) is 61.7 cm³/mol. The molecule has 0 unspecified atom stereocenters. The molecule has 1 heterocycles. The van der Waals surface area contributed by atoms with Crippen molar-refractivity contribution in [2.45, 2.75) is 50.5 Å². The van der Waals surface area contributed by atoms with E-state index in [4.69, 9.17) is 4.74 Å². The first-order chi connectivity index (χ1) is 6.80. The first kappa shape index (κ1) is 13.0. The minimum Gasteiger partial charge on any atom is -0.381 e. The minimum absolute atomic E-state index is 0.144. The summed E-state index contributed by atoms with van der Waals surface area (Å²) in [5.41, 5.74) is 0. The van der Waals surface area contributed by atoms with Crippen LogP contribution in [0, 0.1) is 5.92 Å². The lowest BCUT2D eigenvalue weighted by atomic mass is 10.00. The van der Waals surface area contributed by atoms with Gasteiger partial charge in [0, 0.05) is 13.2 Å². The second-order valence-electron chi connectivity index (χ2n) is 5.11. The molecule has 3 nitrogen and oxygen atoms in total. The van der Waals surface area contributed by atoms with Crippen LogP contribution in [0.3, 0.4) is 0 Å². The SMILES string of the molecule is CC(C)C(C)(C)S(=O)(=O)C1CCOCC1. The van der Waals surface area contributed by atoms with Gasteiger partial charge in [0.25, 0.3) is 0 Å². The van der Waals surface area contributed by atoms with Gasteiger partial charge in [-0.05, 0) is 32.6 Å². The fraction of sp³-hybridized carbons (Fsp3) is 1.00. The molecule has 0 aromatic rings. The van der Waals surface area contributed by atoms with Crippen LogP contribution in [0.5, 0.6) is 0 Å². The third-order valence-electron chi connectivity index (χ3n) is 3.73. The monoisotopic (exact) mass is 234 g/mol. The second kappa shape index (κ2) is 4.42. The van der Waals surface area contributed by atoms with Crippen molar-refractivity contribution in [2.75, 3.05) is 13.2 Å². The van der Waals surface area contributed by atoms with Gasteiger partial charge < -0.3 is 4.74 Å². The molecule has 0 bridgehead atoms. The molecule has 1 aliphatic rings. The van der Waals surface area contributed by atoms with Crippen molar-refractivity contribution in [1.29, 1.82) is 0 Å². The van der Waals surface area contributed by atoms with E-state index in [0.717, 1.165) is 0 Å². The minimum atomic E-state index is -3.04. The summed E-state index contributed by atoms with van der Waals surface area (Å²) in [6, 6.07) is 0. The first-order valence-corrected chi connectivity index (χ1v) is 7.16. The Bertz CT molecular complexity index is 298. The van der Waals surface area contributed by atoms with Gasteiger partial charge in [-0.25, -0.2) is 8.42 Å². The van der Waals surface area contributed by atoms with Crippen LogP contribution in [0.25, 0.3) is 0 Å². The fourth-order valence-electron chi connectivity index (χ4n) is 1.74. The Morgan fingerprint density at radius 3 is 2.07 bits per heavy atom. The van der Waals surface area contributed by atoms with E-state index in [1.54, 1.807) is 0 Å². The van der Waals surface area contributed by atoms with Crippen molar-refractivity contribution in [3.8, 4) is 0 Å². The lowest BCUT2D eigenvalue weighted by Gasteiger charge is -2.34. The number of hydrogen-bond acceptors (Lipinski definition) is 3. The summed E-state index contributed by atoms with van der Waals surface area (Å²) in [4.78, 5) is 0. The average Bonchev–Trinajstić information content (AvgIpc) is 2.18. The van der Waals surface area contributed by atoms with Crippen LogP contribution in [0.4, 0.5) is 0 Å². The summed E-state index contributed by atoms with van der Waals surface area (Å²) < 4.78 is 29.4. The number of rotatable bonds is 3. The van der Waals surface area contributed by atoms with Gasteiger partial charge in [-0.3, -0.25) is 0 Å². The molecule has 0 saturated carbocycles. The van der Waals surface area contributed by atoms with Gasteiger partial charge in [0.05, 0.1) is 10.00 Å². The lowest BCUT2D eigenvalue weighted by Crippen LogP contribution is -2.45. The summed E-state index contributed by atoms with van der Waals surface area (Å²) in [6.07, 6.45) is 1.30. The zero-order chi connectivity index (χ0) is 11.7. The molecule has 1 aliphatic heterocycles. The highest BCUT2D eigenvalue weighted by Gasteiger charge is 2.42. The van der Waals surface area contributed by atoms with Crippen LogP contribution in [0.2, 0.25) is 0 Å². The summed E-state index contributed by atoms with van der Waals surface area (Å²) in [5.74, 6) is 0.144. The van der Waals surface area contributed by atoms with E-state index in [0.29, 0.717) is 26.1 Å². The summed E-state index contributed by atoms with van der Waals surface area (Å²) in [6.45, 7) is 8.77. The van der Waals surface area contributed by atoms with Crippen molar-refractivity contribution >= 4 is 9.84 Å². The van der Waals surface area contributed by atoms with E-state index in [9.17, 15) is 8.42 Å². The third-order valence-corrected chi connectivity index (χ3v) is 7.02. The third kappa shape index (κ3) is 2.36. The lowest BCUT2D eigenvalue weighted by molar-refractivity contribution is 0.0978. The van der Waals surface area contributed by atoms with Crippen molar-refractivity contribution < 1.29 is 13.2 Å². The Morgan fingerprint density at radius 1 is 1.20 bits per heavy atom. The normalized spacial score (nSPS) is 20.9. The quantitative estimate of drug-likeness (QED) is 0.750. The second-order valence-corrected chi connectivity index (χ2v) is 7.92. The summed E-state index contributed by atoms with van der Waals surface area (Å²) in [7, 11) is -3.04. The van der Waals surface area contributed by atoms with E-state index < -0.39 is 14.6 Å². The molecule has 0 atom stereocenters. The molecule has 0 aromatic carbocycles. The molecule has 15 heavy (non-hydrogen) atoms. The highest BCUT2D eigenvalue weighted by molar-refractivity contribution is 7.93. The van der Waals surface area contributed by atoms with Gasteiger partial charge in [0.15, 0.2) is 9.84 Å². The molecule has 0 radical (unpaired) electrons. The summed E-state index contributed by atoms with van der Waals surface area (Å²) >= 11 is 0. The maximum Gasteiger partial charge on any atom is 0.158 e. The van der Waals surface area contributed by atoms with Gasteiger partial charge in [-0.15, -0.1) is 0 Å². The highest BCUT2D eigenvalue weighted by atomic mass is 32.2. The molecule has 0 spiro atoms. The Labute approximate surface area is 93.1 Å². The molecule has 4 heteroatoms. The smallest absolute Gasteiger partial charge is 0.158 e. The molecule has 0 aliphatic carbocycles. The van der Waals surface area contributed by atoms with Crippen LogP contribution in [0.15, 0.2) is 0 Å². The Balaban J connectivity index is 2.90. The fourth-order valence-corrected chi connectivity index (χ4v) is 4.07. The number of hydrogen-bond donors (Lipinski definition) is 0. The van der Waals surface area contributed by atoms with Crippen LogP contribution in [-0.2, 0) is 14.6 Å². The molecular weight excluding hydrogens is 212 g/mol. The Hall–Kier alpha value is -0.0900. The van der Waals surface area contributed by atoms with Gasteiger partial charge in [0.1, 0.15) is 0 Å². The van der Waals surface area contributed by atoms with Crippen LogP contribution >= 0.6 is 0 Å². The first-order valence-electron chi connectivity index (χ1n) is 5.61. The van der Waals surface area contributed by atoms with E-state index in [1.165, 1.54) is 0 Å². The van der Waals surface area contributed by atoms with Crippen molar-refractivity contribution in [1.82, 2.24) is 0 Å². The summed E-state index contributed by atoms with van der Waals surface area (Å²) in [5, 5.41) is -0.205. The zero-order valence-electron chi connectivity index (χ0n) is 10.1. The molecular formula is C11H22O3S.